The third-order valence-corrected chi connectivity index (χ3v) is 11.5. The summed E-state index contributed by atoms with van der Waals surface area (Å²) in [7, 11) is 0. The lowest BCUT2D eigenvalue weighted by Crippen LogP contribution is -2.54. The second-order valence-corrected chi connectivity index (χ2v) is 13.8. The van der Waals surface area contributed by atoms with Crippen LogP contribution in [0.1, 0.15) is 68.6 Å². The van der Waals surface area contributed by atoms with Gasteiger partial charge in [0.1, 0.15) is 18.3 Å². The van der Waals surface area contributed by atoms with E-state index in [1.165, 1.54) is 0 Å². The summed E-state index contributed by atoms with van der Waals surface area (Å²) >= 11 is 0. The van der Waals surface area contributed by atoms with Gasteiger partial charge in [-0.2, -0.15) is 0 Å². The van der Waals surface area contributed by atoms with Gasteiger partial charge in [-0.1, -0.05) is 97.4 Å². The number of fused-ring (bicyclic) bond motifs is 1. The van der Waals surface area contributed by atoms with Gasteiger partial charge in [-0.05, 0) is 54.7 Å². The van der Waals surface area contributed by atoms with Crippen LogP contribution in [0.15, 0.2) is 91.0 Å². The quantitative estimate of drug-likeness (QED) is 0.170. The Balaban J connectivity index is 1.11. The van der Waals surface area contributed by atoms with Gasteiger partial charge in [0.25, 0.3) is 0 Å². The molecule has 44 heavy (non-hydrogen) atoms. The van der Waals surface area contributed by atoms with Gasteiger partial charge < -0.3 is 23.7 Å². The monoisotopic (exact) mass is 594 g/mol. The van der Waals surface area contributed by atoms with Crippen LogP contribution in [-0.2, 0) is 34.1 Å². The molecule has 6 heteroatoms. The molecule has 0 N–H and O–H groups in total. The fourth-order valence-corrected chi connectivity index (χ4v) is 9.56. The average molecular weight is 595 g/mol. The Morgan fingerprint density at radius 1 is 0.818 bits per heavy atom. The molecular weight excluding hydrogens is 552 g/mol. The zero-order chi connectivity index (χ0) is 29.8. The molecule has 0 amide bonds. The van der Waals surface area contributed by atoms with Gasteiger partial charge in [-0.25, -0.2) is 4.79 Å². The van der Waals surface area contributed by atoms with Crippen molar-refractivity contribution in [3.8, 4) is 0 Å². The van der Waals surface area contributed by atoms with Crippen molar-refractivity contribution in [1.82, 2.24) is 0 Å². The number of hydrogen-bond donors (Lipinski definition) is 0. The van der Waals surface area contributed by atoms with Crippen molar-refractivity contribution in [1.29, 1.82) is 0 Å². The third-order valence-electron chi connectivity index (χ3n) is 11.5. The first-order chi connectivity index (χ1) is 21.5. The molecule has 3 aromatic carbocycles. The number of hydrogen-bond acceptors (Lipinski definition) is 6. The summed E-state index contributed by atoms with van der Waals surface area (Å²) in [5.41, 5.74) is 1.74. The zero-order valence-electron chi connectivity index (χ0n) is 25.5. The van der Waals surface area contributed by atoms with E-state index < -0.39 is 11.4 Å². The molecule has 8 rings (SSSR count). The first-order valence-corrected chi connectivity index (χ1v) is 16.4. The van der Waals surface area contributed by atoms with Crippen molar-refractivity contribution in [3.05, 3.63) is 108 Å². The van der Waals surface area contributed by atoms with Crippen molar-refractivity contribution in [2.24, 2.45) is 17.3 Å². The summed E-state index contributed by atoms with van der Waals surface area (Å²) < 4.78 is 32.6. The van der Waals surface area contributed by atoms with Crippen LogP contribution in [0.3, 0.4) is 0 Å². The second kappa shape index (κ2) is 10.8. The van der Waals surface area contributed by atoms with E-state index in [0.717, 1.165) is 55.2 Å². The Morgan fingerprint density at radius 2 is 1.41 bits per heavy atom. The first kappa shape index (κ1) is 28.4. The largest absolute Gasteiger partial charge is 0.460 e. The predicted octanol–water partition coefficient (Wildman–Crippen LogP) is 6.80. The summed E-state index contributed by atoms with van der Waals surface area (Å²) in [5, 5.41) is 0. The van der Waals surface area contributed by atoms with Crippen LogP contribution in [0.2, 0.25) is 0 Å². The summed E-state index contributed by atoms with van der Waals surface area (Å²) in [6.07, 6.45) is 6.95. The molecule has 6 nitrogen and oxygen atoms in total. The molecule has 3 aliphatic carbocycles. The van der Waals surface area contributed by atoms with Gasteiger partial charge >= 0.3 is 5.97 Å². The highest BCUT2D eigenvalue weighted by atomic mass is 16.7. The summed E-state index contributed by atoms with van der Waals surface area (Å²) in [5.74, 6) is -0.536. The van der Waals surface area contributed by atoms with Gasteiger partial charge in [0.2, 0.25) is 0 Å². The summed E-state index contributed by atoms with van der Waals surface area (Å²) in [6, 6.07) is 30.5. The maximum absolute atomic E-state index is 14.0. The lowest BCUT2D eigenvalue weighted by molar-refractivity contribution is -0.230. The van der Waals surface area contributed by atoms with Gasteiger partial charge in [0, 0.05) is 24.7 Å². The minimum atomic E-state index is -0.985. The van der Waals surface area contributed by atoms with Crippen LogP contribution in [0.4, 0.5) is 0 Å². The van der Waals surface area contributed by atoms with Crippen LogP contribution < -0.4 is 0 Å². The van der Waals surface area contributed by atoms with E-state index in [4.69, 9.17) is 23.7 Å². The molecule has 6 atom stereocenters. The fraction of sp³-hybridized carbons (Fsp3) is 0.500. The Hall–Kier alpha value is -3.03. The van der Waals surface area contributed by atoms with E-state index in [0.29, 0.717) is 19.6 Å². The van der Waals surface area contributed by atoms with Crippen LogP contribution in [0, 0.1) is 17.3 Å². The number of epoxide rings is 1. The van der Waals surface area contributed by atoms with Gasteiger partial charge in [0.05, 0.1) is 24.9 Å². The maximum atomic E-state index is 14.0. The number of carbonyl (C=O) groups excluding carboxylic acids is 1. The molecule has 5 fully saturated rings. The molecule has 0 aromatic heterocycles. The Bertz CT molecular complexity index is 1370. The topological polar surface area (TPSA) is 66.5 Å². The predicted molar refractivity (Wildman–Crippen MR) is 165 cm³/mol. The molecule has 2 bridgehead atoms. The van der Waals surface area contributed by atoms with E-state index in [1.807, 2.05) is 54.6 Å². The molecule has 2 heterocycles. The SMILES string of the molecule is C[C@@]12C[C@H](OC(=O)COC(c3ccccc3)(c3ccccc3)c3ccccc3)C3CCCC4(CCC5(OCCO5)C34)C[C@@H]1O2. The zero-order valence-corrected chi connectivity index (χ0v) is 25.5. The Labute approximate surface area is 260 Å². The maximum Gasteiger partial charge on any atom is 0.332 e. The highest BCUT2D eigenvalue weighted by Gasteiger charge is 2.70. The number of rotatable bonds is 7. The van der Waals surface area contributed by atoms with Gasteiger partial charge in [-0.15, -0.1) is 0 Å². The molecule has 230 valence electrons. The van der Waals surface area contributed by atoms with Crippen LogP contribution in [0.5, 0.6) is 0 Å². The van der Waals surface area contributed by atoms with Crippen LogP contribution in [-0.4, -0.2) is 49.4 Å². The van der Waals surface area contributed by atoms with Gasteiger partial charge in [0.15, 0.2) is 5.79 Å². The number of benzene rings is 3. The van der Waals surface area contributed by atoms with Crippen LogP contribution >= 0.6 is 0 Å². The minimum absolute atomic E-state index is 0.111. The normalized spacial score (nSPS) is 33.6. The van der Waals surface area contributed by atoms with Crippen molar-refractivity contribution in [2.45, 2.75) is 81.1 Å². The molecule has 3 aromatic rings. The second-order valence-electron chi connectivity index (χ2n) is 13.8. The third kappa shape index (κ3) is 4.56. The summed E-state index contributed by atoms with van der Waals surface area (Å²) in [6.45, 7) is 3.28. The van der Waals surface area contributed by atoms with Crippen LogP contribution in [0.25, 0.3) is 0 Å². The minimum Gasteiger partial charge on any atom is -0.460 e. The number of esters is 1. The first-order valence-electron chi connectivity index (χ1n) is 16.4. The van der Waals surface area contributed by atoms with E-state index >= 15 is 0 Å². The number of carbonyl (C=O) groups is 1. The standard InChI is InChI=1S/C38H42O6/c1-35-24-31(30-18-11-19-36(25-32(35)44-35)20-21-37(34(30)36)40-22-23-41-37)43-33(39)26-42-38(27-12-5-2-6-13-27,28-14-7-3-8-15-28)29-16-9-4-10-17-29/h2-10,12-17,30-32,34H,11,18-26H2,1H3/t30?,31-,32-,34?,35+,36?/m0/s1. The molecule has 2 aliphatic heterocycles. The molecule has 2 saturated heterocycles. The smallest absolute Gasteiger partial charge is 0.332 e. The Kier molecular flexibility index (Phi) is 6.98. The van der Waals surface area contributed by atoms with Crippen molar-refractivity contribution >= 4 is 5.97 Å². The van der Waals surface area contributed by atoms with Crippen molar-refractivity contribution < 1.29 is 28.5 Å². The fourth-order valence-electron chi connectivity index (χ4n) is 9.56. The van der Waals surface area contributed by atoms with E-state index in [-0.39, 0.29) is 47.6 Å². The van der Waals surface area contributed by atoms with Crippen molar-refractivity contribution in [3.63, 3.8) is 0 Å². The molecule has 3 saturated carbocycles. The lowest BCUT2D eigenvalue weighted by Gasteiger charge is -2.51. The highest BCUT2D eigenvalue weighted by Crippen LogP contribution is 2.68. The summed E-state index contributed by atoms with van der Waals surface area (Å²) in [4.78, 5) is 14.0. The van der Waals surface area contributed by atoms with E-state index in [1.54, 1.807) is 0 Å². The van der Waals surface area contributed by atoms with Crippen molar-refractivity contribution in [2.75, 3.05) is 19.8 Å². The molecular formula is C38H42O6. The highest BCUT2D eigenvalue weighted by molar-refractivity contribution is 5.71. The van der Waals surface area contributed by atoms with E-state index in [9.17, 15) is 4.79 Å². The Morgan fingerprint density at radius 3 is 2.00 bits per heavy atom. The molecule has 3 unspecified atom stereocenters. The van der Waals surface area contributed by atoms with E-state index in [2.05, 4.69) is 43.3 Å². The molecule has 0 radical (unpaired) electrons. The average Bonchev–Trinajstić information content (AvgIpc) is 3.34. The molecule has 1 spiro atoms. The lowest BCUT2D eigenvalue weighted by atomic mass is 9.56. The molecule has 5 aliphatic rings. The number of ether oxygens (including phenoxy) is 5. The van der Waals surface area contributed by atoms with Gasteiger partial charge in [-0.3, -0.25) is 0 Å².